The van der Waals surface area contributed by atoms with Crippen LogP contribution in [0.25, 0.3) is 6.08 Å². The zero-order valence-electron chi connectivity index (χ0n) is 15.8. The smallest absolute Gasteiger partial charge is 0.266 e. The average molecular weight is 612 g/mol. The van der Waals surface area contributed by atoms with Crippen LogP contribution in [0.3, 0.4) is 0 Å². The number of anilines is 1. The van der Waals surface area contributed by atoms with Crippen LogP contribution in [-0.2, 0) is 11.4 Å². The molecule has 31 heavy (non-hydrogen) atoms. The SMILES string of the molecule is N#C/C(=C\c1cc(Br)c(OCc2ccccc2F)c(I)c1)C(=O)Nc1ccccc1Cl. The number of carbonyl (C=O) groups is 1. The van der Waals surface area contributed by atoms with Crippen LogP contribution in [0.2, 0.25) is 5.02 Å². The largest absolute Gasteiger partial charge is 0.486 e. The summed E-state index contributed by atoms with van der Waals surface area (Å²) in [5.41, 5.74) is 1.41. The highest BCUT2D eigenvalue weighted by molar-refractivity contribution is 14.1. The first kappa shape index (κ1) is 23.3. The Kier molecular flexibility index (Phi) is 8.07. The Balaban J connectivity index is 1.80. The fourth-order valence-electron chi connectivity index (χ4n) is 2.63. The van der Waals surface area contributed by atoms with Crippen molar-refractivity contribution in [2.45, 2.75) is 6.61 Å². The molecule has 0 aliphatic heterocycles. The van der Waals surface area contributed by atoms with Crippen molar-refractivity contribution in [1.82, 2.24) is 0 Å². The van der Waals surface area contributed by atoms with Crippen molar-refractivity contribution >= 4 is 67.8 Å². The predicted molar refractivity (Wildman–Crippen MR) is 131 cm³/mol. The van der Waals surface area contributed by atoms with E-state index in [-0.39, 0.29) is 18.0 Å². The monoisotopic (exact) mass is 610 g/mol. The number of benzene rings is 3. The van der Waals surface area contributed by atoms with Gasteiger partial charge in [-0.15, -0.1) is 0 Å². The Morgan fingerprint density at radius 1 is 1.23 bits per heavy atom. The second-order valence-corrected chi connectivity index (χ2v) is 8.72. The van der Waals surface area contributed by atoms with E-state index in [4.69, 9.17) is 16.3 Å². The average Bonchev–Trinajstić information content (AvgIpc) is 2.74. The number of carbonyl (C=O) groups excluding carboxylic acids is 1. The Labute approximate surface area is 205 Å². The Bertz CT molecular complexity index is 1190. The second-order valence-electron chi connectivity index (χ2n) is 6.30. The van der Waals surface area contributed by atoms with E-state index < -0.39 is 5.91 Å². The number of nitrogens with zero attached hydrogens (tertiary/aromatic N) is 1. The Morgan fingerprint density at radius 2 is 1.94 bits per heavy atom. The maximum Gasteiger partial charge on any atom is 0.266 e. The van der Waals surface area contributed by atoms with E-state index in [9.17, 15) is 14.4 Å². The molecule has 8 heteroatoms. The molecule has 156 valence electrons. The Hall–Kier alpha value is -2.41. The second kappa shape index (κ2) is 10.8. The molecule has 4 nitrogen and oxygen atoms in total. The van der Waals surface area contributed by atoms with E-state index in [2.05, 4.69) is 43.8 Å². The van der Waals surface area contributed by atoms with Gasteiger partial charge in [-0.25, -0.2) is 4.39 Å². The highest BCUT2D eigenvalue weighted by Gasteiger charge is 2.14. The number of ether oxygens (including phenoxy) is 1. The fourth-order valence-corrected chi connectivity index (χ4v) is 4.59. The van der Waals surface area contributed by atoms with Gasteiger partial charge in [-0.2, -0.15) is 5.26 Å². The van der Waals surface area contributed by atoms with Crippen LogP contribution in [0.4, 0.5) is 10.1 Å². The van der Waals surface area contributed by atoms with Crippen LogP contribution in [-0.4, -0.2) is 5.91 Å². The van der Waals surface area contributed by atoms with Crippen LogP contribution < -0.4 is 10.1 Å². The molecule has 0 unspecified atom stereocenters. The molecule has 3 aromatic carbocycles. The van der Waals surface area contributed by atoms with Crippen LogP contribution >= 0.6 is 50.1 Å². The number of amides is 1. The van der Waals surface area contributed by atoms with E-state index in [0.29, 0.717) is 32.1 Å². The van der Waals surface area contributed by atoms with Crippen molar-refractivity contribution in [3.05, 3.63) is 96.2 Å². The van der Waals surface area contributed by atoms with Crippen molar-refractivity contribution in [3.8, 4) is 11.8 Å². The molecule has 0 heterocycles. The van der Waals surface area contributed by atoms with Gasteiger partial charge >= 0.3 is 0 Å². The molecule has 0 aliphatic rings. The summed E-state index contributed by atoms with van der Waals surface area (Å²) in [4.78, 5) is 12.5. The minimum absolute atomic E-state index is 0.0696. The third-order valence-electron chi connectivity index (χ3n) is 4.15. The molecule has 1 N–H and O–H groups in total. The van der Waals surface area contributed by atoms with Crippen molar-refractivity contribution in [3.63, 3.8) is 0 Å². The van der Waals surface area contributed by atoms with Crippen molar-refractivity contribution in [1.29, 1.82) is 5.26 Å². The lowest BCUT2D eigenvalue weighted by Crippen LogP contribution is -2.13. The molecule has 0 aliphatic carbocycles. The zero-order valence-corrected chi connectivity index (χ0v) is 20.3. The van der Waals surface area contributed by atoms with Crippen LogP contribution in [0.15, 0.2) is 70.7 Å². The van der Waals surface area contributed by atoms with Gasteiger partial charge in [0.05, 0.1) is 18.8 Å². The molecule has 3 aromatic rings. The van der Waals surface area contributed by atoms with Gasteiger partial charge in [-0.3, -0.25) is 4.79 Å². The third kappa shape index (κ3) is 6.06. The molecule has 0 spiro atoms. The van der Waals surface area contributed by atoms with E-state index >= 15 is 0 Å². The van der Waals surface area contributed by atoms with E-state index in [1.165, 1.54) is 12.1 Å². The summed E-state index contributed by atoms with van der Waals surface area (Å²) in [6.45, 7) is 0.0696. The van der Waals surface area contributed by atoms with Crippen LogP contribution in [0.1, 0.15) is 11.1 Å². The van der Waals surface area contributed by atoms with E-state index in [1.807, 2.05) is 6.07 Å². The van der Waals surface area contributed by atoms with Crippen LogP contribution in [0.5, 0.6) is 5.75 Å². The molecule has 0 fully saturated rings. The normalized spacial score (nSPS) is 11.0. The maximum absolute atomic E-state index is 13.8. The number of hydrogen-bond donors (Lipinski definition) is 1. The lowest BCUT2D eigenvalue weighted by atomic mass is 10.1. The lowest BCUT2D eigenvalue weighted by Gasteiger charge is -2.12. The minimum atomic E-state index is -0.568. The van der Waals surface area contributed by atoms with Gasteiger partial charge in [0, 0.05) is 5.56 Å². The number of nitriles is 1. The minimum Gasteiger partial charge on any atom is -0.486 e. The van der Waals surface area contributed by atoms with Gasteiger partial charge in [0.2, 0.25) is 0 Å². The summed E-state index contributed by atoms with van der Waals surface area (Å²) in [6, 6.07) is 18.6. The van der Waals surface area contributed by atoms with Gasteiger partial charge < -0.3 is 10.1 Å². The maximum atomic E-state index is 13.8. The molecular weight excluding hydrogens is 598 g/mol. The fraction of sp³-hybridized carbons (Fsp3) is 0.0435. The van der Waals surface area contributed by atoms with Crippen molar-refractivity contribution in [2.24, 2.45) is 0 Å². The summed E-state index contributed by atoms with van der Waals surface area (Å²) < 4.78 is 21.0. The predicted octanol–water partition coefficient (Wildman–Crippen LogP) is 6.97. The summed E-state index contributed by atoms with van der Waals surface area (Å²) in [7, 11) is 0. The summed E-state index contributed by atoms with van der Waals surface area (Å²) in [5.74, 6) is -0.363. The first-order valence-electron chi connectivity index (χ1n) is 8.92. The number of rotatable bonds is 6. The van der Waals surface area contributed by atoms with Crippen molar-refractivity contribution in [2.75, 3.05) is 5.32 Å². The van der Waals surface area contributed by atoms with Crippen molar-refractivity contribution < 1.29 is 13.9 Å². The first-order chi connectivity index (χ1) is 14.9. The summed E-state index contributed by atoms with van der Waals surface area (Å²) in [5, 5.41) is 12.5. The number of nitrogens with one attached hydrogen (secondary N) is 1. The third-order valence-corrected chi connectivity index (χ3v) is 5.87. The molecule has 1 amide bonds. The molecule has 3 rings (SSSR count). The summed E-state index contributed by atoms with van der Waals surface area (Å²) >= 11 is 11.6. The molecule has 0 saturated heterocycles. The molecule has 0 bridgehead atoms. The van der Waals surface area contributed by atoms with Gasteiger partial charge in [0.25, 0.3) is 5.91 Å². The van der Waals surface area contributed by atoms with Gasteiger partial charge in [0.15, 0.2) is 0 Å². The lowest BCUT2D eigenvalue weighted by molar-refractivity contribution is -0.112. The standard InChI is InChI=1S/C23H14BrClFIN2O2/c24-17-10-14(9-16(12-28)23(30)29-21-8-4-2-6-18(21)25)11-20(27)22(17)31-13-15-5-1-3-7-19(15)26/h1-11H,13H2,(H,29,30)/b16-9+. The number of hydrogen-bond acceptors (Lipinski definition) is 3. The highest BCUT2D eigenvalue weighted by atomic mass is 127. The Morgan fingerprint density at radius 3 is 2.61 bits per heavy atom. The van der Waals surface area contributed by atoms with Gasteiger partial charge in [-0.1, -0.05) is 41.9 Å². The molecular formula is C23H14BrClFIN2O2. The first-order valence-corrected chi connectivity index (χ1v) is 11.2. The highest BCUT2D eigenvalue weighted by Crippen LogP contribution is 2.33. The zero-order chi connectivity index (χ0) is 22.4. The molecule has 0 saturated carbocycles. The quantitative estimate of drug-likeness (QED) is 0.186. The summed E-state index contributed by atoms with van der Waals surface area (Å²) in [6.07, 6.45) is 1.47. The molecule has 0 radical (unpaired) electrons. The topological polar surface area (TPSA) is 62.1 Å². The number of para-hydroxylation sites is 1. The number of halogens is 4. The van der Waals surface area contributed by atoms with E-state index in [1.54, 1.807) is 54.6 Å². The van der Waals surface area contributed by atoms with Gasteiger partial charge in [0.1, 0.15) is 29.8 Å². The molecule has 0 aromatic heterocycles. The van der Waals surface area contributed by atoms with E-state index in [0.717, 1.165) is 3.57 Å². The van der Waals surface area contributed by atoms with Gasteiger partial charge in [-0.05, 0) is 80.5 Å². The molecule has 0 atom stereocenters. The van der Waals surface area contributed by atoms with Crippen LogP contribution in [0, 0.1) is 20.7 Å².